The highest BCUT2D eigenvalue weighted by Gasteiger charge is 2.39. The molecule has 1 saturated heterocycles. The maximum Gasteiger partial charge on any atom is 0.0590 e. The van der Waals surface area contributed by atoms with Gasteiger partial charge in [-0.2, -0.15) is 0 Å². The average Bonchev–Trinajstić information content (AvgIpc) is 2.48. The van der Waals surface area contributed by atoms with Gasteiger partial charge in [-0.25, -0.2) is 0 Å². The fourth-order valence-corrected chi connectivity index (χ4v) is 3.90. The predicted octanol–water partition coefficient (Wildman–Crippen LogP) is 2.79. The summed E-state index contributed by atoms with van der Waals surface area (Å²) in [5.41, 5.74) is 6.35. The standard InChI is InChI=1S/C16H32N2O/c1-3-15-11-16(13-17,9-10-19-15)18(2)12-14-7-5-4-6-8-14/h14-15H,3-13,17H2,1-2H3. The van der Waals surface area contributed by atoms with Crippen LogP contribution in [0.4, 0.5) is 0 Å². The summed E-state index contributed by atoms with van der Waals surface area (Å²) in [4.78, 5) is 2.58. The normalized spacial score (nSPS) is 33.8. The van der Waals surface area contributed by atoms with Gasteiger partial charge in [-0.3, -0.25) is 4.90 Å². The Kier molecular flexibility index (Phi) is 5.67. The van der Waals surface area contributed by atoms with Gasteiger partial charge in [0, 0.05) is 25.2 Å². The molecule has 112 valence electrons. The summed E-state index contributed by atoms with van der Waals surface area (Å²) in [5, 5.41) is 0. The highest BCUT2D eigenvalue weighted by Crippen LogP contribution is 2.33. The van der Waals surface area contributed by atoms with Crippen LogP contribution in [-0.2, 0) is 4.74 Å². The number of likely N-dealkylation sites (N-methyl/N-ethyl adjacent to an activating group) is 1. The van der Waals surface area contributed by atoms with Gasteiger partial charge in [0.15, 0.2) is 0 Å². The maximum absolute atomic E-state index is 6.16. The van der Waals surface area contributed by atoms with E-state index >= 15 is 0 Å². The molecule has 0 bridgehead atoms. The molecule has 19 heavy (non-hydrogen) atoms. The first-order valence-corrected chi connectivity index (χ1v) is 8.23. The summed E-state index contributed by atoms with van der Waals surface area (Å²) in [7, 11) is 2.29. The van der Waals surface area contributed by atoms with Gasteiger partial charge in [-0.05, 0) is 45.1 Å². The van der Waals surface area contributed by atoms with Crippen LogP contribution >= 0.6 is 0 Å². The summed E-state index contributed by atoms with van der Waals surface area (Å²) in [6.07, 6.45) is 10.9. The molecule has 2 rings (SSSR count). The fourth-order valence-electron chi connectivity index (χ4n) is 3.90. The molecule has 0 radical (unpaired) electrons. The van der Waals surface area contributed by atoms with Crippen molar-refractivity contribution in [3.63, 3.8) is 0 Å². The van der Waals surface area contributed by atoms with Crippen molar-refractivity contribution < 1.29 is 4.74 Å². The highest BCUT2D eigenvalue weighted by atomic mass is 16.5. The molecule has 2 unspecified atom stereocenters. The number of nitrogens with zero attached hydrogens (tertiary/aromatic N) is 1. The molecule has 1 heterocycles. The van der Waals surface area contributed by atoms with Crippen LogP contribution in [0.25, 0.3) is 0 Å². The Balaban J connectivity index is 1.94. The lowest BCUT2D eigenvalue weighted by molar-refractivity contribution is -0.0689. The first-order chi connectivity index (χ1) is 9.20. The second kappa shape index (κ2) is 7.05. The van der Waals surface area contributed by atoms with Gasteiger partial charge in [0.2, 0.25) is 0 Å². The first kappa shape index (κ1) is 15.3. The highest BCUT2D eigenvalue weighted by molar-refractivity contribution is 4.95. The number of hydrogen-bond acceptors (Lipinski definition) is 3. The molecular weight excluding hydrogens is 236 g/mol. The summed E-state index contributed by atoms with van der Waals surface area (Å²) in [6.45, 7) is 5.10. The number of rotatable bonds is 5. The molecule has 3 heteroatoms. The third-order valence-electron chi connectivity index (χ3n) is 5.43. The minimum atomic E-state index is 0.191. The topological polar surface area (TPSA) is 38.5 Å². The van der Waals surface area contributed by atoms with Crippen LogP contribution in [0.2, 0.25) is 0 Å². The Morgan fingerprint density at radius 3 is 2.63 bits per heavy atom. The monoisotopic (exact) mass is 268 g/mol. The molecule has 0 spiro atoms. The quantitative estimate of drug-likeness (QED) is 0.833. The number of nitrogens with two attached hydrogens (primary N) is 1. The van der Waals surface area contributed by atoms with Crippen molar-refractivity contribution in [3.8, 4) is 0 Å². The van der Waals surface area contributed by atoms with Gasteiger partial charge >= 0.3 is 0 Å². The van der Waals surface area contributed by atoms with Crippen LogP contribution in [0.5, 0.6) is 0 Å². The van der Waals surface area contributed by atoms with E-state index in [0.717, 1.165) is 38.3 Å². The second-order valence-electron chi connectivity index (χ2n) is 6.67. The van der Waals surface area contributed by atoms with Crippen molar-refractivity contribution in [3.05, 3.63) is 0 Å². The van der Waals surface area contributed by atoms with Gasteiger partial charge < -0.3 is 10.5 Å². The van der Waals surface area contributed by atoms with Gasteiger partial charge in [-0.15, -0.1) is 0 Å². The van der Waals surface area contributed by atoms with E-state index < -0.39 is 0 Å². The van der Waals surface area contributed by atoms with Gasteiger partial charge in [-0.1, -0.05) is 26.2 Å². The largest absolute Gasteiger partial charge is 0.378 e. The van der Waals surface area contributed by atoms with E-state index in [1.165, 1.54) is 38.6 Å². The molecule has 2 fully saturated rings. The van der Waals surface area contributed by atoms with Crippen LogP contribution in [-0.4, -0.2) is 43.3 Å². The zero-order chi connectivity index (χ0) is 13.7. The Morgan fingerprint density at radius 1 is 1.26 bits per heavy atom. The van der Waals surface area contributed by atoms with Crippen molar-refractivity contribution in [1.82, 2.24) is 4.90 Å². The van der Waals surface area contributed by atoms with E-state index in [-0.39, 0.29) is 5.54 Å². The molecule has 0 amide bonds. The Hall–Kier alpha value is -0.120. The number of hydrogen-bond donors (Lipinski definition) is 1. The smallest absolute Gasteiger partial charge is 0.0590 e. The lowest BCUT2D eigenvalue weighted by atomic mass is 9.82. The zero-order valence-corrected chi connectivity index (χ0v) is 12.9. The Bertz CT molecular complexity index is 265. The van der Waals surface area contributed by atoms with Crippen LogP contribution in [0.15, 0.2) is 0 Å². The minimum Gasteiger partial charge on any atom is -0.378 e. The fraction of sp³-hybridized carbons (Fsp3) is 1.00. The maximum atomic E-state index is 6.16. The molecule has 1 saturated carbocycles. The molecular formula is C16H32N2O. The van der Waals surface area contributed by atoms with Crippen LogP contribution in [0.1, 0.15) is 58.3 Å². The van der Waals surface area contributed by atoms with Crippen molar-refractivity contribution in [2.75, 3.05) is 26.7 Å². The van der Waals surface area contributed by atoms with E-state index in [2.05, 4.69) is 18.9 Å². The molecule has 0 aromatic carbocycles. The molecule has 0 aromatic rings. The van der Waals surface area contributed by atoms with E-state index in [4.69, 9.17) is 10.5 Å². The van der Waals surface area contributed by atoms with Crippen LogP contribution in [0.3, 0.4) is 0 Å². The predicted molar refractivity (Wildman–Crippen MR) is 80.3 cm³/mol. The van der Waals surface area contributed by atoms with Crippen molar-refractivity contribution in [2.45, 2.75) is 69.9 Å². The lowest BCUT2D eigenvalue weighted by Gasteiger charge is -2.47. The summed E-state index contributed by atoms with van der Waals surface area (Å²) < 4.78 is 5.84. The average molecular weight is 268 g/mol. The van der Waals surface area contributed by atoms with Gasteiger partial charge in [0.05, 0.1) is 6.10 Å². The van der Waals surface area contributed by atoms with Crippen LogP contribution < -0.4 is 5.73 Å². The van der Waals surface area contributed by atoms with E-state index in [9.17, 15) is 0 Å². The first-order valence-electron chi connectivity index (χ1n) is 8.23. The SMILES string of the molecule is CCC1CC(CN)(N(C)CC2CCCCC2)CCO1. The van der Waals surface area contributed by atoms with Gasteiger partial charge in [0.1, 0.15) is 0 Å². The molecule has 2 aliphatic rings. The van der Waals surface area contributed by atoms with E-state index in [1.807, 2.05) is 0 Å². The zero-order valence-electron chi connectivity index (χ0n) is 12.9. The van der Waals surface area contributed by atoms with Crippen LogP contribution in [0, 0.1) is 5.92 Å². The van der Waals surface area contributed by atoms with Crippen molar-refractivity contribution in [1.29, 1.82) is 0 Å². The molecule has 0 aromatic heterocycles. The molecule has 2 N–H and O–H groups in total. The van der Waals surface area contributed by atoms with E-state index in [0.29, 0.717) is 6.10 Å². The Labute approximate surface area is 118 Å². The third kappa shape index (κ3) is 3.71. The summed E-state index contributed by atoms with van der Waals surface area (Å²) >= 11 is 0. The van der Waals surface area contributed by atoms with Crippen molar-refractivity contribution >= 4 is 0 Å². The summed E-state index contributed by atoms with van der Waals surface area (Å²) in [6, 6.07) is 0. The number of ether oxygens (including phenoxy) is 1. The lowest BCUT2D eigenvalue weighted by Crippen LogP contribution is -2.58. The Morgan fingerprint density at radius 2 is 2.00 bits per heavy atom. The van der Waals surface area contributed by atoms with Gasteiger partial charge in [0.25, 0.3) is 0 Å². The molecule has 3 nitrogen and oxygen atoms in total. The summed E-state index contributed by atoms with van der Waals surface area (Å²) in [5.74, 6) is 0.894. The second-order valence-corrected chi connectivity index (χ2v) is 6.67. The van der Waals surface area contributed by atoms with Crippen molar-refractivity contribution in [2.24, 2.45) is 11.7 Å². The molecule has 2 atom stereocenters. The molecule has 1 aliphatic carbocycles. The molecule has 1 aliphatic heterocycles. The van der Waals surface area contributed by atoms with E-state index in [1.54, 1.807) is 0 Å². The third-order valence-corrected chi connectivity index (χ3v) is 5.43. The minimum absolute atomic E-state index is 0.191.